The Kier molecular flexibility index (Phi) is 2.85. The van der Waals surface area contributed by atoms with E-state index in [1.54, 1.807) is 0 Å². The maximum atomic E-state index is 4.50. The van der Waals surface area contributed by atoms with E-state index in [-0.39, 0.29) is 0 Å². The monoisotopic (exact) mass is 163 g/mol. The molecule has 0 fully saturated rings. The fourth-order valence-corrected chi connectivity index (χ4v) is 1.59. The molecule has 66 valence electrons. The van der Waals surface area contributed by atoms with Crippen molar-refractivity contribution >= 4 is 0 Å². The molecule has 0 unspecified atom stereocenters. The highest BCUT2D eigenvalue weighted by atomic mass is 14.7. The van der Waals surface area contributed by atoms with Crippen LogP contribution in [0, 0.1) is 13.8 Å². The average molecular weight is 163 g/mol. The lowest BCUT2D eigenvalue weighted by Crippen LogP contribution is -1.99. The molecular weight excluding hydrogens is 146 g/mol. The van der Waals surface area contributed by atoms with Crippen LogP contribution >= 0.6 is 0 Å². The predicted molar refractivity (Wildman–Crippen MR) is 52.5 cm³/mol. The van der Waals surface area contributed by atoms with E-state index in [4.69, 9.17) is 0 Å². The van der Waals surface area contributed by atoms with Crippen molar-refractivity contribution in [3.63, 3.8) is 0 Å². The predicted octanol–water partition coefficient (Wildman–Crippen LogP) is 2.82. The Morgan fingerprint density at radius 3 is 2.33 bits per heavy atom. The third-order valence-electron chi connectivity index (χ3n) is 2.32. The zero-order chi connectivity index (χ0) is 9.14. The summed E-state index contributed by atoms with van der Waals surface area (Å²) < 4.78 is 0. The molecule has 1 aromatic heterocycles. The van der Waals surface area contributed by atoms with Crippen molar-refractivity contribution in [3.8, 4) is 0 Å². The minimum absolute atomic E-state index is 1.04. The first kappa shape index (κ1) is 9.24. The van der Waals surface area contributed by atoms with E-state index in [9.17, 15) is 0 Å². The third kappa shape index (κ3) is 1.66. The van der Waals surface area contributed by atoms with Crippen LogP contribution in [0.5, 0.6) is 0 Å². The topological polar surface area (TPSA) is 12.9 Å². The lowest BCUT2D eigenvalue weighted by molar-refractivity contribution is 0.948. The van der Waals surface area contributed by atoms with Gasteiger partial charge in [0, 0.05) is 11.4 Å². The molecule has 1 rings (SSSR count). The highest BCUT2D eigenvalue weighted by Crippen LogP contribution is 2.14. The van der Waals surface area contributed by atoms with Gasteiger partial charge in [-0.25, -0.2) is 0 Å². The molecule has 0 bridgehead atoms. The van der Waals surface area contributed by atoms with Crippen LogP contribution in [0.15, 0.2) is 6.07 Å². The van der Waals surface area contributed by atoms with Crippen LogP contribution in [0.3, 0.4) is 0 Å². The molecule has 0 aliphatic carbocycles. The summed E-state index contributed by atoms with van der Waals surface area (Å²) in [5.41, 5.74) is 5.23. The van der Waals surface area contributed by atoms with Gasteiger partial charge in [0.2, 0.25) is 0 Å². The van der Waals surface area contributed by atoms with Gasteiger partial charge in [-0.3, -0.25) is 4.98 Å². The molecule has 0 atom stereocenters. The molecule has 0 radical (unpaired) electrons. The van der Waals surface area contributed by atoms with E-state index in [0.29, 0.717) is 0 Å². The molecule has 1 aromatic rings. The summed E-state index contributed by atoms with van der Waals surface area (Å²) in [6, 6.07) is 2.19. The molecule has 1 heterocycles. The minimum atomic E-state index is 1.04. The van der Waals surface area contributed by atoms with Gasteiger partial charge in [-0.15, -0.1) is 0 Å². The van der Waals surface area contributed by atoms with E-state index in [1.807, 2.05) is 0 Å². The van der Waals surface area contributed by atoms with Crippen molar-refractivity contribution < 1.29 is 0 Å². The van der Waals surface area contributed by atoms with Gasteiger partial charge >= 0.3 is 0 Å². The minimum Gasteiger partial charge on any atom is -0.258 e. The second kappa shape index (κ2) is 3.70. The standard InChI is InChI=1S/C11H17N/c1-5-10-7-8(3)12-11(6-2)9(10)4/h7H,5-6H2,1-4H3. The number of pyridine rings is 1. The lowest BCUT2D eigenvalue weighted by Gasteiger charge is -2.08. The lowest BCUT2D eigenvalue weighted by atomic mass is 10.0. The Morgan fingerprint density at radius 1 is 1.17 bits per heavy atom. The molecule has 12 heavy (non-hydrogen) atoms. The van der Waals surface area contributed by atoms with E-state index in [1.165, 1.54) is 16.8 Å². The second-order valence-electron chi connectivity index (χ2n) is 3.20. The van der Waals surface area contributed by atoms with Crippen molar-refractivity contribution in [1.82, 2.24) is 4.98 Å². The highest BCUT2D eigenvalue weighted by molar-refractivity contribution is 5.31. The van der Waals surface area contributed by atoms with Gasteiger partial charge in [0.1, 0.15) is 0 Å². The molecule has 0 aromatic carbocycles. The molecule has 1 heteroatoms. The van der Waals surface area contributed by atoms with Crippen molar-refractivity contribution in [2.45, 2.75) is 40.5 Å². The van der Waals surface area contributed by atoms with Crippen molar-refractivity contribution in [3.05, 3.63) is 28.6 Å². The highest BCUT2D eigenvalue weighted by Gasteiger charge is 2.03. The van der Waals surface area contributed by atoms with Crippen LogP contribution in [-0.2, 0) is 12.8 Å². The molecule has 0 saturated carbocycles. The van der Waals surface area contributed by atoms with E-state index >= 15 is 0 Å². The van der Waals surface area contributed by atoms with Gasteiger partial charge in [-0.2, -0.15) is 0 Å². The SMILES string of the molecule is CCc1cc(C)nc(CC)c1C. The Labute approximate surface area is 74.8 Å². The number of nitrogens with zero attached hydrogens (tertiary/aromatic N) is 1. The molecule has 0 saturated heterocycles. The third-order valence-corrected chi connectivity index (χ3v) is 2.32. The average Bonchev–Trinajstić information content (AvgIpc) is 2.08. The van der Waals surface area contributed by atoms with Crippen molar-refractivity contribution in [2.24, 2.45) is 0 Å². The molecule has 1 nitrogen and oxygen atoms in total. The van der Waals surface area contributed by atoms with Gasteiger partial charge < -0.3 is 0 Å². The van der Waals surface area contributed by atoms with Gasteiger partial charge in [-0.05, 0) is 43.9 Å². The van der Waals surface area contributed by atoms with Gasteiger partial charge in [-0.1, -0.05) is 13.8 Å². The van der Waals surface area contributed by atoms with Gasteiger partial charge in [0.15, 0.2) is 0 Å². The molecule has 0 aliphatic rings. The fourth-order valence-electron chi connectivity index (χ4n) is 1.59. The maximum absolute atomic E-state index is 4.50. The zero-order valence-corrected chi connectivity index (χ0v) is 8.44. The number of rotatable bonds is 2. The van der Waals surface area contributed by atoms with E-state index < -0.39 is 0 Å². The van der Waals surface area contributed by atoms with Gasteiger partial charge in [0.05, 0.1) is 0 Å². The Balaban J connectivity index is 3.22. The number of hydrogen-bond acceptors (Lipinski definition) is 1. The molecule has 0 aliphatic heterocycles. The quantitative estimate of drug-likeness (QED) is 0.653. The fraction of sp³-hybridized carbons (Fsp3) is 0.545. The molecule has 0 N–H and O–H groups in total. The summed E-state index contributed by atoms with van der Waals surface area (Å²) in [6.45, 7) is 8.59. The largest absolute Gasteiger partial charge is 0.258 e. The zero-order valence-electron chi connectivity index (χ0n) is 8.44. The number of hydrogen-bond donors (Lipinski definition) is 0. The number of aromatic nitrogens is 1. The van der Waals surface area contributed by atoms with Crippen LogP contribution in [0.2, 0.25) is 0 Å². The second-order valence-corrected chi connectivity index (χ2v) is 3.20. The summed E-state index contributed by atoms with van der Waals surface area (Å²) in [7, 11) is 0. The summed E-state index contributed by atoms with van der Waals surface area (Å²) in [4.78, 5) is 4.50. The number of aryl methyl sites for hydroxylation is 3. The summed E-state index contributed by atoms with van der Waals surface area (Å²) in [5, 5.41) is 0. The van der Waals surface area contributed by atoms with E-state index in [0.717, 1.165) is 18.5 Å². The molecule has 0 amide bonds. The van der Waals surface area contributed by atoms with Crippen LogP contribution < -0.4 is 0 Å². The van der Waals surface area contributed by atoms with Crippen LogP contribution in [-0.4, -0.2) is 4.98 Å². The Bertz CT molecular complexity index is 251. The molecule has 0 spiro atoms. The van der Waals surface area contributed by atoms with Gasteiger partial charge in [0.25, 0.3) is 0 Å². The first-order valence-electron chi connectivity index (χ1n) is 4.65. The summed E-state index contributed by atoms with van der Waals surface area (Å²) in [5.74, 6) is 0. The van der Waals surface area contributed by atoms with E-state index in [2.05, 4.69) is 38.7 Å². The Hall–Kier alpha value is -0.850. The normalized spacial score (nSPS) is 10.3. The smallest absolute Gasteiger partial charge is 0.0435 e. The van der Waals surface area contributed by atoms with Crippen molar-refractivity contribution in [2.75, 3.05) is 0 Å². The van der Waals surface area contributed by atoms with Crippen LogP contribution in [0.25, 0.3) is 0 Å². The summed E-state index contributed by atoms with van der Waals surface area (Å²) >= 11 is 0. The Morgan fingerprint density at radius 2 is 1.83 bits per heavy atom. The first-order valence-corrected chi connectivity index (χ1v) is 4.65. The summed E-state index contributed by atoms with van der Waals surface area (Å²) in [6.07, 6.45) is 2.16. The molecular formula is C11H17N. The first-order chi connectivity index (χ1) is 5.69. The maximum Gasteiger partial charge on any atom is 0.0435 e. The van der Waals surface area contributed by atoms with Crippen LogP contribution in [0.4, 0.5) is 0 Å². The van der Waals surface area contributed by atoms with Crippen LogP contribution in [0.1, 0.15) is 36.4 Å². The van der Waals surface area contributed by atoms with Crippen molar-refractivity contribution in [1.29, 1.82) is 0 Å².